The van der Waals surface area contributed by atoms with E-state index >= 15 is 0 Å². The first-order chi connectivity index (χ1) is 8.20. The number of hydrogen-bond acceptors (Lipinski definition) is 2. The molecule has 1 unspecified atom stereocenters. The van der Waals surface area contributed by atoms with E-state index in [1.54, 1.807) is 0 Å². The maximum atomic E-state index is 12.3. The molecule has 1 amide bonds. The minimum Gasteiger partial charge on any atom is -0.388 e. The van der Waals surface area contributed by atoms with Crippen LogP contribution < -0.4 is 5.32 Å². The lowest BCUT2D eigenvalue weighted by molar-refractivity contribution is 0.0683. The molecule has 1 atom stereocenters. The number of piperidine rings is 1. The molecule has 0 saturated carbocycles. The van der Waals surface area contributed by atoms with Crippen molar-refractivity contribution in [2.45, 2.75) is 19.8 Å². The molecule has 3 nitrogen and oxygen atoms in total. The molecule has 0 radical (unpaired) electrons. The van der Waals surface area contributed by atoms with Crippen LogP contribution in [0.1, 0.15) is 30.1 Å². The van der Waals surface area contributed by atoms with Crippen LogP contribution in [0.4, 0.5) is 5.69 Å². The summed E-state index contributed by atoms with van der Waals surface area (Å²) in [7, 11) is 1.88. The third-order valence-electron chi connectivity index (χ3n) is 3.36. The van der Waals surface area contributed by atoms with Crippen molar-refractivity contribution in [3.63, 3.8) is 0 Å². The molecule has 1 aliphatic heterocycles. The second-order valence-electron chi connectivity index (χ2n) is 4.83. The monoisotopic (exact) mass is 232 g/mol. The zero-order valence-electron chi connectivity index (χ0n) is 10.6. The summed E-state index contributed by atoms with van der Waals surface area (Å²) in [5, 5.41) is 3.05. The summed E-state index contributed by atoms with van der Waals surface area (Å²) in [5.74, 6) is 0.795. The Morgan fingerprint density at radius 1 is 1.35 bits per heavy atom. The van der Waals surface area contributed by atoms with E-state index in [4.69, 9.17) is 0 Å². The van der Waals surface area contributed by atoms with Crippen molar-refractivity contribution in [1.29, 1.82) is 0 Å². The highest BCUT2D eigenvalue weighted by Crippen LogP contribution is 2.18. The van der Waals surface area contributed by atoms with Gasteiger partial charge in [0, 0.05) is 31.4 Å². The van der Waals surface area contributed by atoms with Gasteiger partial charge in [-0.25, -0.2) is 0 Å². The first-order valence-corrected chi connectivity index (χ1v) is 6.28. The fraction of sp³-hybridized carbons (Fsp3) is 0.500. The molecule has 1 aromatic carbocycles. The van der Waals surface area contributed by atoms with Gasteiger partial charge in [0.25, 0.3) is 5.91 Å². The third-order valence-corrected chi connectivity index (χ3v) is 3.36. The number of nitrogens with one attached hydrogen (secondary N) is 1. The number of amides is 1. The summed E-state index contributed by atoms with van der Waals surface area (Å²) in [6.45, 7) is 4.01. The minimum absolute atomic E-state index is 0.166. The van der Waals surface area contributed by atoms with Crippen molar-refractivity contribution in [2.24, 2.45) is 5.92 Å². The molecule has 1 saturated heterocycles. The van der Waals surface area contributed by atoms with Gasteiger partial charge in [-0.3, -0.25) is 4.79 Å². The lowest BCUT2D eigenvalue weighted by Gasteiger charge is -2.31. The van der Waals surface area contributed by atoms with Gasteiger partial charge in [0.2, 0.25) is 0 Å². The predicted molar refractivity (Wildman–Crippen MR) is 70.3 cm³/mol. The number of rotatable bonds is 2. The summed E-state index contributed by atoms with van der Waals surface area (Å²) in [6.07, 6.45) is 2.37. The molecule has 17 heavy (non-hydrogen) atoms. The molecule has 1 aliphatic rings. The molecule has 0 aromatic heterocycles. The number of anilines is 1. The Morgan fingerprint density at radius 3 is 2.65 bits per heavy atom. The van der Waals surface area contributed by atoms with E-state index in [0.29, 0.717) is 5.92 Å². The van der Waals surface area contributed by atoms with Gasteiger partial charge in [0.05, 0.1) is 0 Å². The molecule has 1 fully saturated rings. The third kappa shape index (κ3) is 2.78. The number of carbonyl (C=O) groups is 1. The van der Waals surface area contributed by atoms with Gasteiger partial charge < -0.3 is 10.2 Å². The quantitative estimate of drug-likeness (QED) is 0.850. The van der Waals surface area contributed by atoms with E-state index < -0.39 is 0 Å². The van der Waals surface area contributed by atoms with E-state index in [2.05, 4.69) is 12.2 Å². The molecule has 1 heterocycles. The number of hydrogen-bond donors (Lipinski definition) is 1. The molecule has 1 aromatic rings. The summed E-state index contributed by atoms with van der Waals surface area (Å²) in [5.41, 5.74) is 1.83. The number of likely N-dealkylation sites (tertiary alicyclic amines) is 1. The SMILES string of the molecule is CNc1ccc(C(=O)N2CCCC(C)C2)cc1. The Labute approximate surface area is 103 Å². The van der Waals surface area contributed by atoms with Crippen molar-refractivity contribution in [1.82, 2.24) is 4.90 Å². The van der Waals surface area contributed by atoms with Crippen LogP contribution in [-0.2, 0) is 0 Å². The van der Waals surface area contributed by atoms with Crippen LogP contribution in [0.5, 0.6) is 0 Å². The van der Waals surface area contributed by atoms with Gasteiger partial charge in [-0.15, -0.1) is 0 Å². The van der Waals surface area contributed by atoms with Crippen LogP contribution in [0.3, 0.4) is 0 Å². The maximum Gasteiger partial charge on any atom is 0.253 e. The van der Waals surface area contributed by atoms with Crippen molar-refractivity contribution in [2.75, 3.05) is 25.5 Å². The molecule has 1 N–H and O–H groups in total. The minimum atomic E-state index is 0.166. The first-order valence-electron chi connectivity index (χ1n) is 6.28. The van der Waals surface area contributed by atoms with Crippen LogP contribution >= 0.6 is 0 Å². The van der Waals surface area contributed by atoms with Crippen molar-refractivity contribution >= 4 is 11.6 Å². The highest BCUT2D eigenvalue weighted by molar-refractivity contribution is 5.94. The summed E-state index contributed by atoms with van der Waals surface area (Å²) < 4.78 is 0. The fourth-order valence-electron chi connectivity index (χ4n) is 2.34. The van der Waals surface area contributed by atoms with Crippen LogP contribution in [0, 0.1) is 5.92 Å². The van der Waals surface area contributed by atoms with E-state index in [1.165, 1.54) is 6.42 Å². The molecule has 0 spiro atoms. The zero-order valence-corrected chi connectivity index (χ0v) is 10.6. The normalized spacial score (nSPS) is 20.1. The van der Waals surface area contributed by atoms with E-state index in [0.717, 1.165) is 30.8 Å². The predicted octanol–water partition coefficient (Wildman–Crippen LogP) is 2.60. The second-order valence-corrected chi connectivity index (χ2v) is 4.83. The molecule has 0 bridgehead atoms. The lowest BCUT2D eigenvalue weighted by atomic mass is 9.99. The highest BCUT2D eigenvalue weighted by atomic mass is 16.2. The summed E-state index contributed by atoms with van der Waals surface area (Å²) >= 11 is 0. The average Bonchev–Trinajstić information content (AvgIpc) is 2.38. The van der Waals surface area contributed by atoms with E-state index in [-0.39, 0.29) is 5.91 Å². The molecule has 92 valence electrons. The molecular formula is C14H20N2O. The van der Waals surface area contributed by atoms with Crippen LogP contribution in [0.2, 0.25) is 0 Å². The van der Waals surface area contributed by atoms with Crippen LogP contribution in [-0.4, -0.2) is 30.9 Å². The Kier molecular flexibility index (Phi) is 3.67. The molecule has 0 aliphatic carbocycles. The summed E-state index contributed by atoms with van der Waals surface area (Å²) in [6, 6.07) is 7.68. The lowest BCUT2D eigenvalue weighted by Crippen LogP contribution is -2.39. The van der Waals surface area contributed by atoms with Gasteiger partial charge in [-0.05, 0) is 43.0 Å². The van der Waals surface area contributed by atoms with Gasteiger partial charge in [-0.1, -0.05) is 6.92 Å². The average molecular weight is 232 g/mol. The van der Waals surface area contributed by atoms with E-state index in [1.807, 2.05) is 36.2 Å². The van der Waals surface area contributed by atoms with E-state index in [9.17, 15) is 4.79 Å². The largest absolute Gasteiger partial charge is 0.388 e. The molecule has 3 heteroatoms. The van der Waals surface area contributed by atoms with Crippen molar-refractivity contribution in [3.05, 3.63) is 29.8 Å². The fourth-order valence-corrected chi connectivity index (χ4v) is 2.34. The van der Waals surface area contributed by atoms with Crippen LogP contribution in [0.25, 0.3) is 0 Å². The van der Waals surface area contributed by atoms with Gasteiger partial charge in [0.15, 0.2) is 0 Å². The first kappa shape index (κ1) is 12.0. The highest BCUT2D eigenvalue weighted by Gasteiger charge is 2.21. The standard InChI is InChI=1S/C14H20N2O/c1-11-4-3-9-16(10-11)14(17)12-5-7-13(15-2)8-6-12/h5-8,11,15H,3-4,9-10H2,1-2H3. The molecular weight excluding hydrogens is 212 g/mol. The van der Waals surface area contributed by atoms with Crippen molar-refractivity contribution < 1.29 is 4.79 Å². The van der Waals surface area contributed by atoms with Gasteiger partial charge >= 0.3 is 0 Å². The maximum absolute atomic E-state index is 12.3. The zero-order chi connectivity index (χ0) is 12.3. The summed E-state index contributed by atoms with van der Waals surface area (Å²) in [4.78, 5) is 14.2. The number of benzene rings is 1. The van der Waals surface area contributed by atoms with Crippen molar-refractivity contribution in [3.8, 4) is 0 Å². The van der Waals surface area contributed by atoms with Gasteiger partial charge in [-0.2, -0.15) is 0 Å². The Balaban J connectivity index is 2.07. The topological polar surface area (TPSA) is 32.3 Å². The Hall–Kier alpha value is -1.51. The Bertz CT molecular complexity index is 386. The number of nitrogens with zero attached hydrogens (tertiary/aromatic N) is 1. The second kappa shape index (κ2) is 5.21. The molecule has 2 rings (SSSR count). The number of carbonyl (C=O) groups excluding carboxylic acids is 1. The smallest absolute Gasteiger partial charge is 0.253 e. The Morgan fingerprint density at radius 2 is 2.06 bits per heavy atom. The van der Waals surface area contributed by atoms with Crippen LogP contribution in [0.15, 0.2) is 24.3 Å². The van der Waals surface area contributed by atoms with Gasteiger partial charge in [0.1, 0.15) is 0 Å².